The predicted octanol–water partition coefficient (Wildman–Crippen LogP) is 2.32. The van der Waals surface area contributed by atoms with Crippen molar-refractivity contribution < 1.29 is 0 Å². The summed E-state index contributed by atoms with van der Waals surface area (Å²) in [6, 6.07) is 2.30. The van der Waals surface area contributed by atoms with Crippen LogP contribution in [0.5, 0.6) is 0 Å². The molecule has 0 unspecified atom stereocenters. The van der Waals surface area contributed by atoms with Crippen LogP contribution in [0.1, 0.15) is 39.5 Å². The van der Waals surface area contributed by atoms with E-state index in [0.29, 0.717) is 0 Å². The quantitative estimate of drug-likeness (QED) is 0.720. The molecule has 0 saturated heterocycles. The Morgan fingerprint density at radius 1 is 1.38 bits per heavy atom. The third-order valence-electron chi connectivity index (χ3n) is 2.78. The first-order chi connectivity index (χ1) is 6.14. The second-order valence-corrected chi connectivity index (χ2v) is 4.78. The van der Waals surface area contributed by atoms with Gasteiger partial charge in [-0.25, -0.2) is 0 Å². The zero-order valence-electron chi connectivity index (χ0n) is 8.77. The number of hydrogen-bond donors (Lipinski definition) is 1. The molecular formula is C11H20N2. The summed E-state index contributed by atoms with van der Waals surface area (Å²) in [5.41, 5.74) is -0.210. The van der Waals surface area contributed by atoms with E-state index in [-0.39, 0.29) is 5.41 Å². The molecule has 2 nitrogen and oxygen atoms in total. The van der Waals surface area contributed by atoms with Gasteiger partial charge in [-0.1, -0.05) is 12.8 Å². The van der Waals surface area contributed by atoms with Gasteiger partial charge in [-0.3, -0.25) is 0 Å². The van der Waals surface area contributed by atoms with Crippen LogP contribution in [0.2, 0.25) is 0 Å². The minimum Gasteiger partial charge on any atom is -0.315 e. The van der Waals surface area contributed by atoms with Gasteiger partial charge in [-0.05, 0) is 39.2 Å². The summed E-state index contributed by atoms with van der Waals surface area (Å²) >= 11 is 0. The standard InChI is InChI=1S/C11H20N2/c1-11(2,8-12)9-13-7-10-5-3-4-6-10/h10,13H,3-7,9H2,1-2H3. The van der Waals surface area contributed by atoms with Gasteiger partial charge in [-0.2, -0.15) is 5.26 Å². The summed E-state index contributed by atoms with van der Waals surface area (Å²) in [4.78, 5) is 0. The topological polar surface area (TPSA) is 35.8 Å². The Hall–Kier alpha value is -0.550. The summed E-state index contributed by atoms with van der Waals surface area (Å²) in [7, 11) is 0. The van der Waals surface area contributed by atoms with Crippen LogP contribution in [0.25, 0.3) is 0 Å². The number of hydrogen-bond acceptors (Lipinski definition) is 2. The zero-order chi connectivity index (χ0) is 9.73. The van der Waals surface area contributed by atoms with Gasteiger partial charge in [0.2, 0.25) is 0 Å². The maximum absolute atomic E-state index is 8.80. The minimum absolute atomic E-state index is 0.210. The molecule has 0 amide bonds. The summed E-state index contributed by atoms with van der Waals surface area (Å²) in [5, 5.41) is 12.2. The lowest BCUT2D eigenvalue weighted by molar-refractivity contribution is 0.406. The first-order valence-corrected chi connectivity index (χ1v) is 5.26. The van der Waals surface area contributed by atoms with Crippen molar-refractivity contribution in [2.45, 2.75) is 39.5 Å². The van der Waals surface area contributed by atoms with Crippen LogP contribution >= 0.6 is 0 Å². The minimum atomic E-state index is -0.210. The van der Waals surface area contributed by atoms with Crippen molar-refractivity contribution in [1.29, 1.82) is 5.26 Å². The van der Waals surface area contributed by atoms with Gasteiger partial charge >= 0.3 is 0 Å². The SMILES string of the molecule is CC(C)(C#N)CNCC1CCCC1. The van der Waals surface area contributed by atoms with Crippen molar-refractivity contribution in [1.82, 2.24) is 5.32 Å². The van der Waals surface area contributed by atoms with Gasteiger partial charge in [0.15, 0.2) is 0 Å². The van der Waals surface area contributed by atoms with Gasteiger partial charge in [0.1, 0.15) is 0 Å². The molecule has 0 radical (unpaired) electrons. The van der Waals surface area contributed by atoms with Crippen LogP contribution in [0, 0.1) is 22.7 Å². The van der Waals surface area contributed by atoms with Crippen molar-refractivity contribution in [3.63, 3.8) is 0 Å². The molecule has 0 aromatic heterocycles. The average Bonchev–Trinajstić information content (AvgIpc) is 2.57. The molecule has 0 atom stereocenters. The van der Waals surface area contributed by atoms with Gasteiger partial charge in [0.25, 0.3) is 0 Å². The smallest absolute Gasteiger partial charge is 0.0697 e. The molecule has 1 aliphatic rings. The lowest BCUT2D eigenvalue weighted by Crippen LogP contribution is -2.31. The van der Waals surface area contributed by atoms with E-state index in [1.165, 1.54) is 25.7 Å². The van der Waals surface area contributed by atoms with E-state index < -0.39 is 0 Å². The van der Waals surface area contributed by atoms with E-state index in [4.69, 9.17) is 5.26 Å². The van der Waals surface area contributed by atoms with Crippen LogP contribution < -0.4 is 5.32 Å². The zero-order valence-corrected chi connectivity index (χ0v) is 8.77. The molecule has 0 spiro atoms. The highest BCUT2D eigenvalue weighted by Gasteiger charge is 2.18. The molecule has 1 aliphatic carbocycles. The molecule has 1 fully saturated rings. The summed E-state index contributed by atoms with van der Waals surface area (Å²) < 4.78 is 0. The molecule has 13 heavy (non-hydrogen) atoms. The summed E-state index contributed by atoms with van der Waals surface area (Å²) in [6.07, 6.45) is 5.54. The van der Waals surface area contributed by atoms with Gasteiger partial charge in [-0.15, -0.1) is 0 Å². The normalized spacial score (nSPS) is 18.8. The number of nitriles is 1. The Bertz CT molecular complexity index is 185. The Labute approximate surface area is 81.3 Å². The second-order valence-electron chi connectivity index (χ2n) is 4.78. The van der Waals surface area contributed by atoms with Crippen LogP contribution in [0.3, 0.4) is 0 Å². The molecule has 0 heterocycles. The Morgan fingerprint density at radius 2 is 2.00 bits per heavy atom. The van der Waals surface area contributed by atoms with Crippen molar-refractivity contribution in [2.75, 3.05) is 13.1 Å². The highest BCUT2D eigenvalue weighted by Crippen LogP contribution is 2.24. The molecule has 74 valence electrons. The Balaban J connectivity index is 2.10. The van der Waals surface area contributed by atoms with Crippen molar-refractivity contribution >= 4 is 0 Å². The van der Waals surface area contributed by atoms with Crippen molar-refractivity contribution in [2.24, 2.45) is 11.3 Å². The van der Waals surface area contributed by atoms with Crippen LogP contribution in [0.15, 0.2) is 0 Å². The fraction of sp³-hybridized carbons (Fsp3) is 0.909. The van der Waals surface area contributed by atoms with E-state index in [1.807, 2.05) is 13.8 Å². The lowest BCUT2D eigenvalue weighted by Gasteiger charge is -2.17. The Kier molecular flexibility index (Phi) is 3.74. The maximum atomic E-state index is 8.80. The van der Waals surface area contributed by atoms with Crippen LogP contribution in [-0.4, -0.2) is 13.1 Å². The third-order valence-corrected chi connectivity index (χ3v) is 2.78. The van der Waals surface area contributed by atoms with E-state index in [2.05, 4.69) is 11.4 Å². The summed E-state index contributed by atoms with van der Waals surface area (Å²) in [5.74, 6) is 0.870. The van der Waals surface area contributed by atoms with E-state index in [0.717, 1.165) is 19.0 Å². The van der Waals surface area contributed by atoms with E-state index in [1.54, 1.807) is 0 Å². The lowest BCUT2D eigenvalue weighted by atomic mass is 9.95. The molecule has 1 saturated carbocycles. The summed E-state index contributed by atoms with van der Waals surface area (Å²) in [6.45, 7) is 5.88. The molecular weight excluding hydrogens is 160 g/mol. The first-order valence-electron chi connectivity index (χ1n) is 5.26. The van der Waals surface area contributed by atoms with E-state index >= 15 is 0 Å². The molecule has 1 rings (SSSR count). The average molecular weight is 180 g/mol. The third kappa shape index (κ3) is 3.78. The Morgan fingerprint density at radius 3 is 2.54 bits per heavy atom. The van der Waals surface area contributed by atoms with Gasteiger partial charge in [0.05, 0.1) is 11.5 Å². The fourth-order valence-corrected chi connectivity index (χ4v) is 1.84. The van der Waals surface area contributed by atoms with Crippen LogP contribution in [0.4, 0.5) is 0 Å². The molecule has 0 aromatic carbocycles. The van der Waals surface area contributed by atoms with Gasteiger partial charge < -0.3 is 5.32 Å². The number of rotatable bonds is 4. The molecule has 0 aliphatic heterocycles. The molecule has 1 N–H and O–H groups in total. The van der Waals surface area contributed by atoms with Crippen LogP contribution in [-0.2, 0) is 0 Å². The van der Waals surface area contributed by atoms with E-state index in [9.17, 15) is 0 Å². The highest BCUT2D eigenvalue weighted by atomic mass is 14.9. The van der Waals surface area contributed by atoms with Gasteiger partial charge in [0, 0.05) is 6.54 Å². The monoisotopic (exact) mass is 180 g/mol. The number of nitrogens with zero attached hydrogens (tertiary/aromatic N) is 1. The largest absolute Gasteiger partial charge is 0.315 e. The second kappa shape index (κ2) is 4.62. The predicted molar refractivity (Wildman–Crippen MR) is 54.2 cm³/mol. The van der Waals surface area contributed by atoms with Crippen molar-refractivity contribution in [3.05, 3.63) is 0 Å². The molecule has 0 aromatic rings. The highest BCUT2D eigenvalue weighted by molar-refractivity contribution is 4.93. The molecule has 2 heteroatoms. The first kappa shape index (κ1) is 10.5. The fourth-order valence-electron chi connectivity index (χ4n) is 1.84. The van der Waals surface area contributed by atoms with Crippen molar-refractivity contribution in [3.8, 4) is 6.07 Å². The number of nitrogens with one attached hydrogen (secondary N) is 1. The molecule has 0 bridgehead atoms. The maximum Gasteiger partial charge on any atom is 0.0697 e.